The number of nitrogens with zero attached hydrogens (tertiary/aromatic N) is 3. The molecule has 27 heavy (non-hydrogen) atoms. The van der Waals surface area contributed by atoms with Gasteiger partial charge in [0.15, 0.2) is 0 Å². The molecule has 0 atom stereocenters. The standard InChI is InChI=1S/C21H19N5O/c1-27-20-10-6-5-9-17(20)19-13-22-14-21(24-19)23-12-16-11-18(26-25-16)15-7-3-2-4-8-15/h2-11,13-14H,12H2,1H3,(H,23,24)(H,25,26). The number of para-hydroxylation sites is 1. The maximum atomic E-state index is 5.41. The van der Waals surface area contributed by atoms with E-state index in [1.807, 2.05) is 60.7 Å². The van der Waals surface area contributed by atoms with E-state index in [0.717, 1.165) is 34.0 Å². The van der Waals surface area contributed by atoms with Crippen LogP contribution in [0.15, 0.2) is 73.1 Å². The predicted molar refractivity (Wildman–Crippen MR) is 105 cm³/mol. The smallest absolute Gasteiger partial charge is 0.145 e. The predicted octanol–water partition coefficient (Wildman–Crippen LogP) is 4.15. The monoisotopic (exact) mass is 357 g/mol. The molecule has 0 amide bonds. The van der Waals surface area contributed by atoms with E-state index < -0.39 is 0 Å². The van der Waals surface area contributed by atoms with Gasteiger partial charge in [-0.25, -0.2) is 4.98 Å². The highest BCUT2D eigenvalue weighted by atomic mass is 16.5. The number of H-pyrrole nitrogens is 1. The molecule has 0 unspecified atom stereocenters. The van der Waals surface area contributed by atoms with Gasteiger partial charge in [-0.3, -0.25) is 10.1 Å². The lowest BCUT2D eigenvalue weighted by molar-refractivity contribution is 0.416. The van der Waals surface area contributed by atoms with Crippen molar-refractivity contribution in [3.05, 3.63) is 78.8 Å². The molecule has 0 saturated heterocycles. The minimum atomic E-state index is 0.573. The quantitative estimate of drug-likeness (QED) is 0.542. The zero-order valence-electron chi connectivity index (χ0n) is 14.9. The summed E-state index contributed by atoms with van der Waals surface area (Å²) in [7, 11) is 1.65. The van der Waals surface area contributed by atoms with Crippen LogP contribution >= 0.6 is 0 Å². The molecular weight excluding hydrogens is 338 g/mol. The summed E-state index contributed by atoms with van der Waals surface area (Å²) in [6.45, 7) is 0.573. The number of ether oxygens (including phenoxy) is 1. The molecule has 0 spiro atoms. The van der Waals surface area contributed by atoms with Crippen molar-refractivity contribution >= 4 is 5.82 Å². The summed E-state index contributed by atoms with van der Waals surface area (Å²) in [5.41, 5.74) is 4.63. The van der Waals surface area contributed by atoms with E-state index in [2.05, 4.69) is 25.5 Å². The number of nitrogens with one attached hydrogen (secondary N) is 2. The van der Waals surface area contributed by atoms with E-state index in [0.29, 0.717) is 12.4 Å². The highest BCUT2D eigenvalue weighted by molar-refractivity contribution is 5.67. The van der Waals surface area contributed by atoms with Gasteiger partial charge in [-0.2, -0.15) is 5.10 Å². The van der Waals surface area contributed by atoms with E-state index >= 15 is 0 Å². The zero-order valence-corrected chi connectivity index (χ0v) is 14.9. The zero-order chi connectivity index (χ0) is 18.5. The van der Waals surface area contributed by atoms with Crippen molar-refractivity contribution in [3.8, 4) is 28.3 Å². The van der Waals surface area contributed by atoms with Crippen LogP contribution in [0.2, 0.25) is 0 Å². The van der Waals surface area contributed by atoms with E-state index in [1.54, 1.807) is 19.5 Å². The summed E-state index contributed by atoms with van der Waals surface area (Å²) in [6.07, 6.45) is 3.43. The number of hydrogen-bond donors (Lipinski definition) is 2. The number of hydrogen-bond acceptors (Lipinski definition) is 5. The minimum absolute atomic E-state index is 0.573. The van der Waals surface area contributed by atoms with Gasteiger partial charge in [0.2, 0.25) is 0 Å². The molecule has 6 heteroatoms. The van der Waals surface area contributed by atoms with Crippen LogP contribution in [0.5, 0.6) is 5.75 Å². The topological polar surface area (TPSA) is 75.7 Å². The number of benzene rings is 2. The molecule has 2 aromatic carbocycles. The third-order valence-corrected chi connectivity index (χ3v) is 4.18. The first kappa shape index (κ1) is 16.8. The summed E-state index contributed by atoms with van der Waals surface area (Å²) in [5, 5.41) is 10.7. The van der Waals surface area contributed by atoms with Gasteiger partial charge >= 0.3 is 0 Å². The van der Waals surface area contributed by atoms with E-state index in [1.165, 1.54) is 0 Å². The van der Waals surface area contributed by atoms with Gasteiger partial charge in [0.1, 0.15) is 11.6 Å². The molecule has 0 aliphatic carbocycles. The normalized spacial score (nSPS) is 10.6. The molecule has 134 valence electrons. The Kier molecular flexibility index (Phi) is 4.78. The number of methoxy groups -OCH3 is 1. The van der Waals surface area contributed by atoms with Crippen molar-refractivity contribution in [2.24, 2.45) is 0 Å². The Morgan fingerprint density at radius 1 is 0.963 bits per heavy atom. The molecule has 4 rings (SSSR count). The highest BCUT2D eigenvalue weighted by Gasteiger charge is 2.08. The third kappa shape index (κ3) is 3.79. The Balaban J connectivity index is 1.49. The second-order valence-corrected chi connectivity index (χ2v) is 5.99. The molecule has 6 nitrogen and oxygen atoms in total. The Morgan fingerprint density at radius 2 is 1.78 bits per heavy atom. The lowest BCUT2D eigenvalue weighted by atomic mass is 10.1. The average Bonchev–Trinajstić information content (AvgIpc) is 3.22. The van der Waals surface area contributed by atoms with Crippen LogP contribution in [0.25, 0.3) is 22.5 Å². The van der Waals surface area contributed by atoms with Gasteiger partial charge in [0.05, 0.1) is 43.1 Å². The molecule has 4 aromatic rings. The van der Waals surface area contributed by atoms with Crippen molar-refractivity contribution in [3.63, 3.8) is 0 Å². The third-order valence-electron chi connectivity index (χ3n) is 4.18. The van der Waals surface area contributed by atoms with Crippen molar-refractivity contribution in [2.45, 2.75) is 6.54 Å². The van der Waals surface area contributed by atoms with Crippen LogP contribution in [-0.2, 0) is 6.54 Å². The van der Waals surface area contributed by atoms with Gasteiger partial charge in [-0.1, -0.05) is 42.5 Å². The molecule has 2 heterocycles. The Morgan fingerprint density at radius 3 is 2.63 bits per heavy atom. The van der Waals surface area contributed by atoms with Gasteiger partial charge in [0.25, 0.3) is 0 Å². The molecule has 0 saturated carbocycles. The molecule has 2 N–H and O–H groups in total. The van der Waals surface area contributed by atoms with E-state index in [4.69, 9.17) is 4.74 Å². The first-order chi connectivity index (χ1) is 13.3. The lowest BCUT2D eigenvalue weighted by Gasteiger charge is -2.09. The summed E-state index contributed by atoms with van der Waals surface area (Å²) in [4.78, 5) is 8.94. The summed E-state index contributed by atoms with van der Waals surface area (Å²) >= 11 is 0. The maximum absolute atomic E-state index is 5.41. The molecule has 0 bridgehead atoms. The minimum Gasteiger partial charge on any atom is -0.496 e. The summed E-state index contributed by atoms with van der Waals surface area (Å²) in [5.74, 6) is 1.46. The van der Waals surface area contributed by atoms with Crippen LogP contribution in [0.1, 0.15) is 5.69 Å². The number of aromatic amines is 1. The first-order valence-corrected chi connectivity index (χ1v) is 8.62. The second kappa shape index (κ2) is 7.70. The molecule has 0 fully saturated rings. The fourth-order valence-electron chi connectivity index (χ4n) is 2.83. The van der Waals surface area contributed by atoms with Crippen LogP contribution in [0, 0.1) is 0 Å². The number of anilines is 1. The molecular formula is C21H19N5O. The number of aromatic nitrogens is 4. The van der Waals surface area contributed by atoms with Crippen LogP contribution < -0.4 is 10.1 Å². The number of rotatable bonds is 6. The van der Waals surface area contributed by atoms with Crippen LogP contribution in [0.3, 0.4) is 0 Å². The fraction of sp³-hybridized carbons (Fsp3) is 0.0952. The van der Waals surface area contributed by atoms with Gasteiger partial charge in [-0.15, -0.1) is 0 Å². The van der Waals surface area contributed by atoms with Crippen molar-refractivity contribution in [1.82, 2.24) is 20.2 Å². The summed E-state index contributed by atoms with van der Waals surface area (Å²) in [6, 6.07) is 19.9. The van der Waals surface area contributed by atoms with E-state index in [-0.39, 0.29) is 0 Å². The average molecular weight is 357 g/mol. The van der Waals surface area contributed by atoms with Crippen molar-refractivity contribution < 1.29 is 4.74 Å². The first-order valence-electron chi connectivity index (χ1n) is 8.62. The lowest BCUT2D eigenvalue weighted by Crippen LogP contribution is -2.03. The fourth-order valence-corrected chi connectivity index (χ4v) is 2.83. The summed E-state index contributed by atoms with van der Waals surface area (Å²) < 4.78 is 5.41. The van der Waals surface area contributed by atoms with E-state index in [9.17, 15) is 0 Å². The SMILES string of the molecule is COc1ccccc1-c1cncc(NCc2cc(-c3ccccc3)n[nH]2)n1. The van der Waals surface area contributed by atoms with Gasteiger partial charge < -0.3 is 10.1 Å². The van der Waals surface area contributed by atoms with Crippen molar-refractivity contribution in [1.29, 1.82) is 0 Å². The largest absolute Gasteiger partial charge is 0.496 e. The molecule has 0 radical (unpaired) electrons. The molecule has 0 aliphatic rings. The second-order valence-electron chi connectivity index (χ2n) is 5.99. The Bertz CT molecular complexity index is 1030. The highest BCUT2D eigenvalue weighted by Crippen LogP contribution is 2.28. The van der Waals surface area contributed by atoms with Gasteiger partial charge in [0, 0.05) is 11.1 Å². The maximum Gasteiger partial charge on any atom is 0.145 e. The molecule has 0 aliphatic heterocycles. The van der Waals surface area contributed by atoms with Gasteiger partial charge in [-0.05, 0) is 18.2 Å². The Hall–Kier alpha value is -3.67. The Labute approximate surface area is 157 Å². The van der Waals surface area contributed by atoms with Crippen LogP contribution in [0.4, 0.5) is 5.82 Å². The van der Waals surface area contributed by atoms with Crippen LogP contribution in [-0.4, -0.2) is 27.3 Å². The molecule has 2 aromatic heterocycles. The van der Waals surface area contributed by atoms with Crippen molar-refractivity contribution in [2.75, 3.05) is 12.4 Å².